The molecule has 34 heavy (non-hydrogen) atoms. The Bertz CT molecular complexity index is 906. The van der Waals surface area contributed by atoms with Gasteiger partial charge in [-0.1, -0.05) is 57.9 Å². The van der Waals surface area contributed by atoms with Crippen molar-refractivity contribution in [2.75, 3.05) is 33.7 Å². The molecule has 0 radical (unpaired) electrons. The third-order valence-electron chi connectivity index (χ3n) is 4.71. The molecule has 0 spiro atoms. The number of hydrogen-bond acceptors (Lipinski definition) is 7. The second kappa shape index (κ2) is 14.0. The number of methoxy groups -OCH3 is 1. The lowest BCUT2D eigenvalue weighted by atomic mass is 9.99. The summed E-state index contributed by atoms with van der Waals surface area (Å²) in [5.74, 6) is -0.0127. The fraction of sp³-hybridized carbons (Fsp3) is 0.480. The highest BCUT2D eigenvalue weighted by atomic mass is 79.9. The number of nitrogens with one attached hydrogen (secondary N) is 1. The van der Waals surface area contributed by atoms with Crippen LogP contribution in [-0.4, -0.2) is 50.4 Å². The van der Waals surface area contributed by atoms with Crippen molar-refractivity contribution in [2.24, 2.45) is 0 Å². The van der Waals surface area contributed by atoms with E-state index in [0.717, 1.165) is 10.0 Å². The van der Waals surface area contributed by atoms with Crippen molar-refractivity contribution >= 4 is 33.5 Å². The van der Waals surface area contributed by atoms with Crippen LogP contribution in [0.1, 0.15) is 50.4 Å². The Morgan fingerprint density at radius 2 is 1.85 bits per heavy atom. The SMILES string of the molecule is COCCOCOc1c(Cl)cc(Br)cc1[C@H](CC(=O)OC(C)(C)C)N[C@H](CO)c1ccccc1. The van der Waals surface area contributed by atoms with E-state index in [-0.39, 0.29) is 19.8 Å². The van der Waals surface area contributed by atoms with Gasteiger partial charge in [-0.15, -0.1) is 0 Å². The number of carbonyl (C=O) groups excluding carboxylic acids is 1. The quantitative estimate of drug-likeness (QED) is 0.199. The molecule has 0 amide bonds. The van der Waals surface area contributed by atoms with Crippen molar-refractivity contribution in [3.63, 3.8) is 0 Å². The van der Waals surface area contributed by atoms with Crippen molar-refractivity contribution in [3.05, 3.63) is 63.1 Å². The van der Waals surface area contributed by atoms with Gasteiger partial charge in [-0.25, -0.2) is 0 Å². The molecule has 0 bridgehead atoms. The molecule has 0 aliphatic carbocycles. The highest BCUT2D eigenvalue weighted by molar-refractivity contribution is 9.10. The van der Waals surface area contributed by atoms with Gasteiger partial charge in [-0.2, -0.15) is 0 Å². The topological polar surface area (TPSA) is 86.3 Å². The molecular weight excluding hydrogens is 526 g/mol. The number of halogens is 2. The number of ether oxygens (including phenoxy) is 4. The molecule has 2 N–H and O–H groups in total. The molecular formula is C25H33BrClNO6. The van der Waals surface area contributed by atoms with E-state index in [9.17, 15) is 9.90 Å². The smallest absolute Gasteiger partial charge is 0.308 e. The Morgan fingerprint density at radius 3 is 2.47 bits per heavy atom. The summed E-state index contributed by atoms with van der Waals surface area (Å²) in [7, 11) is 1.59. The van der Waals surface area contributed by atoms with E-state index in [1.807, 2.05) is 57.2 Å². The van der Waals surface area contributed by atoms with Crippen molar-refractivity contribution in [1.82, 2.24) is 5.32 Å². The van der Waals surface area contributed by atoms with E-state index in [2.05, 4.69) is 21.2 Å². The van der Waals surface area contributed by atoms with E-state index in [0.29, 0.717) is 29.5 Å². The second-order valence-electron chi connectivity index (χ2n) is 8.62. The Balaban J connectivity index is 2.39. The van der Waals surface area contributed by atoms with Crippen LogP contribution in [0.25, 0.3) is 0 Å². The van der Waals surface area contributed by atoms with Crippen LogP contribution in [0.2, 0.25) is 5.02 Å². The number of rotatable bonds is 13. The van der Waals surface area contributed by atoms with Gasteiger partial charge in [0.15, 0.2) is 6.79 Å². The maximum Gasteiger partial charge on any atom is 0.308 e. The standard InChI is InChI=1S/C25H33BrClNO6/c1-25(2,3)34-23(30)14-21(28-22(15-29)17-8-6-5-7-9-17)19-12-18(26)13-20(27)24(19)33-16-32-11-10-31-4/h5-9,12-13,21-22,28-29H,10-11,14-16H2,1-4H3/t21-,22+/m0/s1. The van der Waals surface area contributed by atoms with E-state index in [1.54, 1.807) is 13.2 Å². The number of aliphatic hydroxyl groups is 1. The largest absolute Gasteiger partial charge is 0.466 e. The van der Waals surface area contributed by atoms with E-state index in [4.69, 9.17) is 30.5 Å². The number of carbonyl (C=O) groups is 1. The summed E-state index contributed by atoms with van der Waals surface area (Å²) in [5, 5.41) is 13.9. The zero-order chi connectivity index (χ0) is 25.1. The monoisotopic (exact) mass is 557 g/mol. The van der Waals surface area contributed by atoms with Crippen molar-refractivity contribution in [1.29, 1.82) is 0 Å². The van der Waals surface area contributed by atoms with Crippen molar-refractivity contribution < 1.29 is 28.8 Å². The normalized spacial score (nSPS) is 13.4. The number of hydrogen-bond donors (Lipinski definition) is 2. The number of benzene rings is 2. The van der Waals surface area contributed by atoms with Gasteiger partial charge in [-0.3, -0.25) is 4.79 Å². The Morgan fingerprint density at radius 1 is 1.15 bits per heavy atom. The molecule has 0 unspecified atom stereocenters. The third-order valence-corrected chi connectivity index (χ3v) is 5.45. The first-order valence-corrected chi connectivity index (χ1v) is 12.1. The molecule has 2 aromatic rings. The molecule has 0 saturated carbocycles. The van der Waals surface area contributed by atoms with E-state index >= 15 is 0 Å². The molecule has 2 rings (SSSR count). The van der Waals surface area contributed by atoms with Gasteiger partial charge in [-0.05, 0) is 38.5 Å². The lowest BCUT2D eigenvalue weighted by Crippen LogP contribution is -2.33. The van der Waals surface area contributed by atoms with Crippen molar-refractivity contribution in [2.45, 2.75) is 44.9 Å². The molecule has 188 valence electrons. The summed E-state index contributed by atoms with van der Waals surface area (Å²) in [6.45, 7) is 6.02. The number of esters is 1. The first kappa shape index (κ1) is 28.6. The zero-order valence-corrected chi connectivity index (χ0v) is 22.3. The van der Waals surface area contributed by atoms with E-state index in [1.165, 1.54) is 0 Å². The lowest BCUT2D eigenvalue weighted by molar-refractivity contribution is -0.155. The molecule has 2 atom stereocenters. The van der Waals surface area contributed by atoms with Crippen LogP contribution >= 0.6 is 27.5 Å². The lowest BCUT2D eigenvalue weighted by Gasteiger charge is -2.28. The summed E-state index contributed by atoms with van der Waals surface area (Å²) >= 11 is 10.0. The van der Waals surface area contributed by atoms with Gasteiger partial charge in [0.1, 0.15) is 11.4 Å². The maximum atomic E-state index is 12.8. The Hall–Kier alpha value is -1.68. The minimum absolute atomic E-state index is 0.00568. The predicted molar refractivity (Wildman–Crippen MR) is 135 cm³/mol. The summed E-state index contributed by atoms with van der Waals surface area (Å²) in [6, 6.07) is 12.0. The Labute approximate surface area is 214 Å². The van der Waals surface area contributed by atoms with Crippen LogP contribution in [0.4, 0.5) is 0 Å². The van der Waals surface area contributed by atoms with Gasteiger partial charge in [0.2, 0.25) is 0 Å². The second-order valence-corrected chi connectivity index (χ2v) is 9.95. The minimum atomic E-state index is -0.638. The molecule has 2 aromatic carbocycles. The molecule has 0 heterocycles. The van der Waals surface area contributed by atoms with Crippen LogP contribution in [0.15, 0.2) is 46.9 Å². The minimum Gasteiger partial charge on any atom is -0.466 e. The van der Waals surface area contributed by atoms with Gasteiger partial charge >= 0.3 is 5.97 Å². The molecule has 0 aromatic heterocycles. The molecule has 0 aliphatic heterocycles. The average Bonchev–Trinajstić information content (AvgIpc) is 2.76. The zero-order valence-electron chi connectivity index (χ0n) is 20.0. The first-order valence-electron chi connectivity index (χ1n) is 11.0. The molecule has 0 saturated heterocycles. The molecule has 9 heteroatoms. The fourth-order valence-electron chi connectivity index (χ4n) is 3.28. The van der Waals surface area contributed by atoms with Crippen LogP contribution in [0, 0.1) is 0 Å². The maximum absolute atomic E-state index is 12.8. The molecule has 7 nitrogen and oxygen atoms in total. The summed E-state index contributed by atoms with van der Waals surface area (Å²) in [4.78, 5) is 12.8. The van der Waals surface area contributed by atoms with Gasteiger partial charge < -0.3 is 29.4 Å². The number of aliphatic hydroxyl groups excluding tert-OH is 1. The summed E-state index contributed by atoms with van der Waals surface area (Å²) < 4.78 is 22.6. The molecule has 0 fully saturated rings. The highest BCUT2D eigenvalue weighted by Gasteiger charge is 2.28. The predicted octanol–water partition coefficient (Wildman–Crippen LogP) is 5.20. The fourth-order valence-corrected chi connectivity index (χ4v) is 4.17. The van der Waals surface area contributed by atoms with Crippen LogP contribution < -0.4 is 10.1 Å². The van der Waals surface area contributed by atoms with Gasteiger partial charge in [0, 0.05) is 23.2 Å². The van der Waals surface area contributed by atoms with Gasteiger partial charge in [0.05, 0.1) is 37.3 Å². The average molecular weight is 559 g/mol. The third kappa shape index (κ3) is 9.52. The van der Waals surface area contributed by atoms with Crippen LogP contribution in [-0.2, 0) is 19.0 Å². The van der Waals surface area contributed by atoms with Crippen molar-refractivity contribution in [3.8, 4) is 5.75 Å². The summed E-state index contributed by atoms with van der Waals surface area (Å²) in [6.07, 6.45) is -0.00568. The first-order chi connectivity index (χ1) is 16.1. The highest BCUT2D eigenvalue weighted by Crippen LogP contribution is 2.38. The van der Waals surface area contributed by atoms with Crippen LogP contribution in [0.5, 0.6) is 5.75 Å². The van der Waals surface area contributed by atoms with E-state index < -0.39 is 23.7 Å². The molecule has 0 aliphatic rings. The van der Waals surface area contributed by atoms with Gasteiger partial charge in [0.25, 0.3) is 0 Å². The Kier molecular flexibility index (Phi) is 11.8. The summed E-state index contributed by atoms with van der Waals surface area (Å²) in [5.41, 5.74) is 0.876. The van der Waals surface area contributed by atoms with Crippen LogP contribution in [0.3, 0.4) is 0 Å².